The molecule has 3 amide bonds. The molecule has 2 atom stereocenters. The highest BCUT2D eigenvalue weighted by molar-refractivity contribution is 7.80. The summed E-state index contributed by atoms with van der Waals surface area (Å²) in [7, 11) is 1.75. The van der Waals surface area contributed by atoms with Crippen LogP contribution < -0.4 is 27.0 Å². The van der Waals surface area contributed by atoms with Crippen molar-refractivity contribution >= 4 is 36.1 Å². The van der Waals surface area contributed by atoms with Crippen LogP contribution in [0.4, 0.5) is 0 Å². The second kappa shape index (κ2) is 15.4. The van der Waals surface area contributed by atoms with Crippen LogP contribution in [-0.4, -0.2) is 68.0 Å². The van der Waals surface area contributed by atoms with Crippen molar-refractivity contribution in [2.45, 2.75) is 51.1 Å². The van der Waals surface area contributed by atoms with E-state index in [1.165, 1.54) is 0 Å². The smallest absolute Gasteiger partial charge is 0.243 e. The number of unbranched alkanes of at least 4 members (excludes halogenated alkanes) is 1. The van der Waals surface area contributed by atoms with Crippen molar-refractivity contribution in [2.24, 2.45) is 5.73 Å². The molecule has 0 radical (unpaired) electrons. The van der Waals surface area contributed by atoms with E-state index in [-0.39, 0.29) is 42.4 Å². The second-order valence-electron chi connectivity index (χ2n) is 6.21. The number of nitrogens with one attached hydrogen (secondary N) is 4. The minimum Gasteiger partial charge on any atom is -0.355 e. The van der Waals surface area contributed by atoms with Crippen LogP contribution in [0.25, 0.3) is 0 Å². The molecule has 2 unspecified atom stereocenters. The van der Waals surface area contributed by atoms with E-state index in [0.717, 1.165) is 12.8 Å². The Kier molecular flexibility index (Phi) is 14.5. The molecule has 0 aliphatic heterocycles. The molecule has 0 rings (SSSR count). The number of thiol groups is 1. The number of hydrogen-bond donors (Lipinski definition) is 6. The number of Topliss-reactive ketones (excluding diaryl/α,β-unsaturated/α-hetero) is 1. The minimum atomic E-state index is -0.795. The molecule has 0 aromatic carbocycles. The lowest BCUT2D eigenvalue weighted by Gasteiger charge is -2.16. The molecule has 6 N–H and O–H groups in total. The van der Waals surface area contributed by atoms with E-state index >= 15 is 0 Å². The molecule has 0 aliphatic rings. The van der Waals surface area contributed by atoms with Crippen molar-refractivity contribution in [3.05, 3.63) is 0 Å². The molecule has 0 spiro atoms. The van der Waals surface area contributed by atoms with Gasteiger partial charge in [0.05, 0.1) is 12.6 Å². The summed E-state index contributed by atoms with van der Waals surface area (Å²) in [6, 6.07) is -0.949. The number of carbonyl (C=O) groups is 4. The van der Waals surface area contributed by atoms with Crippen LogP contribution in [0.1, 0.15) is 39.0 Å². The first-order valence-corrected chi connectivity index (χ1v) is 9.81. The predicted molar refractivity (Wildman–Crippen MR) is 107 cm³/mol. The highest BCUT2D eigenvalue weighted by atomic mass is 32.1. The Bertz CT molecular complexity index is 490. The topological polar surface area (TPSA) is 142 Å². The third-order valence-corrected chi connectivity index (χ3v) is 4.31. The molecule has 27 heavy (non-hydrogen) atoms. The third kappa shape index (κ3) is 12.4. The zero-order valence-electron chi connectivity index (χ0n) is 16.2. The fraction of sp³-hybridized carbons (Fsp3) is 0.765. The van der Waals surface area contributed by atoms with E-state index in [0.29, 0.717) is 25.9 Å². The maximum atomic E-state index is 12.0. The SMILES string of the molecule is CNC(CCCCNC(=O)CNC(=O)C(CS)NC(=O)CCCN)C(C)=O. The molecule has 0 aromatic heterocycles. The van der Waals surface area contributed by atoms with E-state index in [1.54, 1.807) is 14.0 Å². The highest BCUT2D eigenvalue weighted by Gasteiger charge is 2.19. The molecule has 0 bridgehead atoms. The average molecular weight is 404 g/mol. The summed E-state index contributed by atoms with van der Waals surface area (Å²) >= 11 is 4.05. The normalized spacial score (nSPS) is 12.7. The lowest BCUT2D eigenvalue weighted by Crippen LogP contribution is -2.50. The van der Waals surface area contributed by atoms with E-state index in [1.807, 2.05) is 0 Å². The van der Waals surface area contributed by atoms with Crippen LogP contribution in [0, 0.1) is 0 Å². The summed E-state index contributed by atoms with van der Waals surface area (Å²) in [5.41, 5.74) is 5.34. The lowest BCUT2D eigenvalue weighted by molar-refractivity contribution is -0.129. The van der Waals surface area contributed by atoms with Crippen molar-refractivity contribution in [3.63, 3.8) is 0 Å². The summed E-state index contributed by atoms with van der Waals surface area (Å²) in [6.45, 7) is 2.24. The summed E-state index contributed by atoms with van der Waals surface area (Å²) in [5.74, 6) is -0.820. The maximum absolute atomic E-state index is 12.0. The number of rotatable bonds is 15. The van der Waals surface area contributed by atoms with Crippen LogP contribution >= 0.6 is 12.6 Å². The number of amides is 3. The molecule has 0 aromatic rings. The highest BCUT2D eigenvalue weighted by Crippen LogP contribution is 2.01. The Morgan fingerprint density at radius 1 is 1.00 bits per heavy atom. The first kappa shape index (κ1) is 25.4. The molecular formula is C17H33N5O4S. The van der Waals surface area contributed by atoms with Crippen LogP contribution in [0.2, 0.25) is 0 Å². The van der Waals surface area contributed by atoms with Crippen molar-refractivity contribution in [1.82, 2.24) is 21.3 Å². The van der Waals surface area contributed by atoms with Gasteiger partial charge in [0.25, 0.3) is 0 Å². The number of ketones is 1. The third-order valence-electron chi connectivity index (χ3n) is 3.95. The van der Waals surface area contributed by atoms with Gasteiger partial charge in [-0.25, -0.2) is 0 Å². The Labute approximate surface area is 166 Å². The van der Waals surface area contributed by atoms with Crippen molar-refractivity contribution in [1.29, 1.82) is 0 Å². The Balaban J connectivity index is 3.99. The van der Waals surface area contributed by atoms with Crippen molar-refractivity contribution in [3.8, 4) is 0 Å². The molecule has 0 fully saturated rings. The van der Waals surface area contributed by atoms with Gasteiger partial charge in [0.1, 0.15) is 11.8 Å². The van der Waals surface area contributed by atoms with Gasteiger partial charge in [-0.05, 0) is 46.2 Å². The first-order valence-electron chi connectivity index (χ1n) is 9.18. The van der Waals surface area contributed by atoms with E-state index in [9.17, 15) is 19.2 Å². The van der Waals surface area contributed by atoms with Gasteiger partial charge in [0, 0.05) is 18.7 Å². The minimum absolute atomic E-state index is 0.0955. The number of likely N-dealkylation sites (N-methyl/N-ethyl adjacent to an activating group) is 1. The van der Waals surface area contributed by atoms with E-state index < -0.39 is 11.9 Å². The summed E-state index contributed by atoms with van der Waals surface area (Å²) in [6.07, 6.45) is 3.03. The van der Waals surface area contributed by atoms with Gasteiger partial charge in [0.2, 0.25) is 17.7 Å². The summed E-state index contributed by atoms with van der Waals surface area (Å²) < 4.78 is 0. The second-order valence-corrected chi connectivity index (χ2v) is 6.58. The largest absolute Gasteiger partial charge is 0.355 e. The number of hydrogen-bond acceptors (Lipinski definition) is 7. The van der Waals surface area contributed by atoms with Gasteiger partial charge in [0.15, 0.2) is 0 Å². The van der Waals surface area contributed by atoms with Crippen molar-refractivity contribution in [2.75, 3.05) is 32.4 Å². The summed E-state index contributed by atoms with van der Waals surface area (Å²) in [4.78, 5) is 46.7. The Hall–Kier alpha value is -1.65. The van der Waals surface area contributed by atoms with Gasteiger partial charge < -0.3 is 27.0 Å². The molecule has 0 aliphatic carbocycles. The van der Waals surface area contributed by atoms with E-state index in [2.05, 4.69) is 33.9 Å². The standard InChI is InChI=1S/C17H33N5O4S/c1-12(23)13(19-2)6-3-4-9-20-16(25)10-21-17(26)14(11-27)22-15(24)7-5-8-18/h13-14,19,27H,3-11,18H2,1-2H3,(H,20,25)(H,21,26)(H,22,24). The zero-order valence-corrected chi connectivity index (χ0v) is 17.1. The van der Waals surface area contributed by atoms with Gasteiger partial charge in [-0.15, -0.1) is 0 Å². The van der Waals surface area contributed by atoms with Crippen LogP contribution in [0.3, 0.4) is 0 Å². The van der Waals surface area contributed by atoms with Crippen LogP contribution in [-0.2, 0) is 19.2 Å². The Morgan fingerprint density at radius 3 is 2.26 bits per heavy atom. The molecule has 0 saturated heterocycles. The maximum Gasteiger partial charge on any atom is 0.243 e. The molecule has 0 heterocycles. The fourth-order valence-electron chi connectivity index (χ4n) is 2.33. The van der Waals surface area contributed by atoms with Crippen molar-refractivity contribution < 1.29 is 19.2 Å². The molecular weight excluding hydrogens is 370 g/mol. The summed E-state index contributed by atoms with van der Waals surface area (Å²) in [5, 5.41) is 10.7. The quantitative estimate of drug-likeness (QED) is 0.149. The van der Waals surface area contributed by atoms with Gasteiger partial charge in [-0.2, -0.15) is 12.6 Å². The average Bonchev–Trinajstić information content (AvgIpc) is 2.64. The molecule has 9 nitrogen and oxygen atoms in total. The zero-order chi connectivity index (χ0) is 20.7. The molecule has 10 heteroatoms. The number of nitrogens with two attached hydrogens (primary N) is 1. The van der Waals surface area contributed by atoms with Crippen LogP contribution in [0.5, 0.6) is 0 Å². The van der Waals surface area contributed by atoms with Gasteiger partial charge >= 0.3 is 0 Å². The van der Waals surface area contributed by atoms with Gasteiger partial charge in [-0.3, -0.25) is 19.2 Å². The lowest BCUT2D eigenvalue weighted by atomic mass is 10.1. The fourth-order valence-corrected chi connectivity index (χ4v) is 2.59. The molecule has 156 valence electrons. The number of carbonyl (C=O) groups excluding carboxylic acids is 4. The monoisotopic (exact) mass is 403 g/mol. The molecule has 0 saturated carbocycles. The predicted octanol–water partition coefficient (Wildman–Crippen LogP) is -1.28. The first-order chi connectivity index (χ1) is 12.8. The van der Waals surface area contributed by atoms with Crippen LogP contribution in [0.15, 0.2) is 0 Å². The van der Waals surface area contributed by atoms with E-state index in [4.69, 9.17) is 5.73 Å². The Morgan fingerprint density at radius 2 is 1.70 bits per heavy atom. The van der Waals surface area contributed by atoms with Gasteiger partial charge in [-0.1, -0.05) is 0 Å².